The van der Waals surface area contributed by atoms with Crippen molar-refractivity contribution < 1.29 is 4.39 Å². The molecule has 0 radical (unpaired) electrons. The van der Waals surface area contributed by atoms with Crippen LogP contribution < -0.4 is 15.5 Å². The maximum atomic E-state index is 13.1. The lowest BCUT2D eigenvalue weighted by Gasteiger charge is -2.27. The second-order valence-corrected chi connectivity index (χ2v) is 5.33. The number of alkyl halides is 1. The van der Waals surface area contributed by atoms with E-state index >= 15 is 0 Å². The Kier molecular flexibility index (Phi) is 4.15. The summed E-state index contributed by atoms with van der Waals surface area (Å²) in [5.41, 5.74) is 1.80. The van der Waals surface area contributed by atoms with Gasteiger partial charge in [0, 0.05) is 50.1 Å². The summed E-state index contributed by atoms with van der Waals surface area (Å²) in [6.07, 6.45) is 4.71. The summed E-state index contributed by atoms with van der Waals surface area (Å²) in [4.78, 5) is 11.3. The summed E-state index contributed by atoms with van der Waals surface area (Å²) in [7, 11) is 0. The molecule has 2 heterocycles. The molecule has 1 aromatic heterocycles. The van der Waals surface area contributed by atoms with Crippen molar-refractivity contribution in [3.63, 3.8) is 0 Å². The van der Waals surface area contributed by atoms with Crippen LogP contribution in [0, 0.1) is 6.92 Å². The third-order valence-electron chi connectivity index (χ3n) is 3.56. The van der Waals surface area contributed by atoms with E-state index in [1.54, 1.807) is 12.2 Å². The van der Waals surface area contributed by atoms with Crippen molar-refractivity contribution in [3.05, 3.63) is 35.7 Å². The van der Waals surface area contributed by atoms with Gasteiger partial charge in [0.15, 0.2) is 0 Å². The smallest absolute Gasteiger partial charge is 0.227 e. The van der Waals surface area contributed by atoms with Crippen LogP contribution in [0.15, 0.2) is 30.0 Å². The third kappa shape index (κ3) is 3.58. The molecule has 0 spiro atoms. The van der Waals surface area contributed by atoms with E-state index in [0.29, 0.717) is 6.42 Å². The Hall–Kier alpha value is -1.95. The van der Waals surface area contributed by atoms with Gasteiger partial charge in [0.05, 0.1) is 0 Å². The molecule has 1 atom stereocenters. The number of hydrogen-bond donors (Lipinski definition) is 2. The zero-order valence-electron chi connectivity index (χ0n) is 12.1. The van der Waals surface area contributed by atoms with E-state index in [0.717, 1.165) is 49.3 Å². The fourth-order valence-electron chi connectivity index (χ4n) is 2.46. The van der Waals surface area contributed by atoms with Gasteiger partial charge in [-0.25, -0.2) is 9.37 Å². The van der Waals surface area contributed by atoms with Crippen molar-refractivity contribution in [2.24, 2.45) is 0 Å². The first-order valence-electron chi connectivity index (χ1n) is 7.31. The Morgan fingerprint density at radius 1 is 1.33 bits per heavy atom. The van der Waals surface area contributed by atoms with Gasteiger partial charge in [-0.2, -0.15) is 4.98 Å². The van der Waals surface area contributed by atoms with Crippen molar-refractivity contribution in [1.82, 2.24) is 15.3 Å². The molecular weight excluding hydrogens is 269 g/mol. The Bertz CT molecular complexity index is 563. The number of hydrogen-bond acceptors (Lipinski definition) is 5. The van der Waals surface area contributed by atoms with Gasteiger partial charge in [-0.05, 0) is 19.1 Å². The van der Waals surface area contributed by atoms with Crippen molar-refractivity contribution in [2.75, 3.05) is 36.4 Å². The minimum Gasteiger partial charge on any atom is -0.340 e. The van der Waals surface area contributed by atoms with Gasteiger partial charge < -0.3 is 15.5 Å². The van der Waals surface area contributed by atoms with Crippen LogP contribution in [0.5, 0.6) is 0 Å². The molecule has 0 bridgehead atoms. The van der Waals surface area contributed by atoms with E-state index in [2.05, 4.69) is 25.5 Å². The summed E-state index contributed by atoms with van der Waals surface area (Å²) in [6.45, 7) is 5.68. The standard InChI is InChI=1S/C15H20FN5/c1-11-10-14(19-13-4-2-12(16)3-5-13)20-15(18-11)21-8-6-17-7-9-21/h2,4-5,10,12,17H,3,6-9H2,1H3,(H,18,19,20). The van der Waals surface area contributed by atoms with Gasteiger partial charge in [-0.3, -0.25) is 0 Å². The lowest BCUT2D eigenvalue weighted by atomic mass is 10.1. The number of anilines is 2. The van der Waals surface area contributed by atoms with Gasteiger partial charge in [-0.1, -0.05) is 6.08 Å². The van der Waals surface area contributed by atoms with E-state index < -0.39 is 6.17 Å². The van der Waals surface area contributed by atoms with Crippen molar-refractivity contribution in [2.45, 2.75) is 19.5 Å². The predicted octanol–water partition coefficient (Wildman–Crippen LogP) is 1.79. The number of nitrogens with zero attached hydrogens (tertiary/aromatic N) is 3. The topological polar surface area (TPSA) is 53.1 Å². The average molecular weight is 289 g/mol. The molecule has 6 heteroatoms. The molecule has 112 valence electrons. The maximum Gasteiger partial charge on any atom is 0.227 e. The quantitative estimate of drug-likeness (QED) is 0.888. The molecular formula is C15H20FN5. The number of piperazine rings is 1. The Labute approximate surface area is 124 Å². The van der Waals surface area contributed by atoms with Gasteiger partial charge in [0.2, 0.25) is 5.95 Å². The van der Waals surface area contributed by atoms with Crippen LogP contribution in [-0.2, 0) is 0 Å². The molecule has 21 heavy (non-hydrogen) atoms. The highest BCUT2D eigenvalue weighted by atomic mass is 19.1. The fraction of sp³-hybridized carbons (Fsp3) is 0.467. The zero-order chi connectivity index (χ0) is 14.7. The third-order valence-corrected chi connectivity index (χ3v) is 3.56. The van der Waals surface area contributed by atoms with Crippen molar-refractivity contribution >= 4 is 11.8 Å². The molecule has 1 unspecified atom stereocenters. The highest BCUT2D eigenvalue weighted by Crippen LogP contribution is 2.18. The van der Waals surface area contributed by atoms with Crippen LogP contribution in [0.3, 0.4) is 0 Å². The monoisotopic (exact) mass is 289 g/mol. The molecule has 0 saturated carbocycles. The van der Waals surface area contributed by atoms with E-state index in [1.807, 2.05) is 19.1 Å². The number of aryl methyl sites for hydroxylation is 1. The van der Waals surface area contributed by atoms with Gasteiger partial charge in [-0.15, -0.1) is 0 Å². The second kappa shape index (κ2) is 6.22. The molecule has 1 aliphatic heterocycles. The molecule has 1 fully saturated rings. The van der Waals surface area contributed by atoms with Gasteiger partial charge in [0.1, 0.15) is 12.0 Å². The lowest BCUT2D eigenvalue weighted by molar-refractivity contribution is 0.401. The van der Waals surface area contributed by atoms with Crippen LogP contribution in [0.4, 0.5) is 16.2 Å². The number of allylic oxidation sites excluding steroid dienone is 3. The van der Waals surface area contributed by atoms with Crippen LogP contribution in [-0.4, -0.2) is 42.3 Å². The largest absolute Gasteiger partial charge is 0.340 e. The van der Waals surface area contributed by atoms with E-state index in [-0.39, 0.29) is 0 Å². The second-order valence-electron chi connectivity index (χ2n) is 5.33. The first-order chi connectivity index (χ1) is 10.2. The van der Waals surface area contributed by atoms with Crippen LogP contribution >= 0.6 is 0 Å². The molecule has 0 aromatic carbocycles. The molecule has 2 N–H and O–H groups in total. The Morgan fingerprint density at radius 3 is 2.86 bits per heavy atom. The molecule has 5 nitrogen and oxygen atoms in total. The van der Waals surface area contributed by atoms with Crippen molar-refractivity contribution in [3.8, 4) is 0 Å². The molecule has 1 saturated heterocycles. The summed E-state index contributed by atoms with van der Waals surface area (Å²) in [5.74, 6) is 1.51. The minimum atomic E-state index is -0.876. The Morgan fingerprint density at radius 2 is 2.14 bits per heavy atom. The first-order valence-corrected chi connectivity index (χ1v) is 7.31. The molecule has 2 aliphatic rings. The number of aromatic nitrogens is 2. The lowest BCUT2D eigenvalue weighted by Crippen LogP contribution is -2.44. The highest BCUT2D eigenvalue weighted by Gasteiger charge is 2.15. The van der Waals surface area contributed by atoms with Gasteiger partial charge in [0.25, 0.3) is 0 Å². The number of rotatable bonds is 3. The SMILES string of the molecule is Cc1cc(NC2=CCC(F)C=C2)nc(N2CCNCC2)n1. The van der Waals surface area contributed by atoms with Crippen LogP contribution in [0.1, 0.15) is 12.1 Å². The minimum absolute atomic E-state index is 0.410. The van der Waals surface area contributed by atoms with Gasteiger partial charge >= 0.3 is 0 Å². The molecule has 3 rings (SSSR count). The van der Waals surface area contributed by atoms with E-state index in [9.17, 15) is 4.39 Å². The van der Waals surface area contributed by atoms with E-state index in [4.69, 9.17) is 0 Å². The Balaban J connectivity index is 1.76. The fourth-order valence-corrected chi connectivity index (χ4v) is 2.46. The van der Waals surface area contributed by atoms with Crippen molar-refractivity contribution in [1.29, 1.82) is 0 Å². The van der Waals surface area contributed by atoms with E-state index in [1.165, 1.54) is 0 Å². The average Bonchev–Trinajstić information content (AvgIpc) is 2.50. The zero-order valence-corrected chi connectivity index (χ0v) is 12.1. The summed E-state index contributed by atoms with van der Waals surface area (Å²) in [6, 6.07) is 1.90. The molecule has 0 amide bonds. The highest BCUT2D eigenvalue weighted by molar-refractivity contribution is 5.50. The summed E-state index contributed by atoms with van der Waals surface area (Å²) >= 11 is 0. The summed E-state index contributed by atoms with van der Waals surface area (Å²) in [5, 5.41) is 6.55. The predicted molar refractivity (Wildman–Crippen MR) is 82.2 cm³/mol. The van der Waals surface area contributed by atoms with Crippen LogP contribution in [0.25, 0.3) is 0 Å². The maximum absolute atomic E-state index is 13.1. The molecule has 1 aliphatic carbocycles. The summed E-state index contributed by atoms with van der Waals surface area (Å²) < 4.78 is 13.1. The molecule has 1 aromatic rings. The first kappa shape index (κ1) is 14.0. The normalized spacial score (nSPS) is 22.1. The number of nitrogens with one attached hydrogen (secondary N) is 2. The van der Waals surface area contributed by atoms with Crippen LogP contribution in [0.2, 0.25) is 0 Å². The number of halogens is 1.